The normalized spacial score (nSPS) is 14.3. The summed E-state index contributed by atoms with van der Waals surface area (Å²) < 4.78 is 0. The molecular formula is C19H19ClN6O. The molecule has 4 rings (SSSR count). The molecule has 1 fully saturated rings. The number of H-pyrrole nitrogens is 1. The molecule has 0 saturated carbocycles. The van der Waals surface area contributed by atoms with Gasteiger partial charge in [0, 0.05) is 36.9 Å². The second kappa shape index (κ2) is 7.43. The summed E-state index contributed by atoms with van der Waals surface area (Å²) in [6, 6.07) is 5.99. The number of aromatic nitrogens is 4. The Morgan fingerprint density at radius 1 is 1.19 bits per heavy atom. The van der Waals surface area contributed by atoms with Crippen molar-refractivity contribution in [3.05, 3.63) is 40.8 Å². The van der Waals surface area contributed by atoms with E-state index in [0.29, 0.717) is 11.3 Å². The molecule has 0 atom stereocenters. The van der Waals surface area contributed by atoms with Crippen molar-refractivity contribution >= 4 is 34.1 Å². The number of hydrogen-bond donors (Lipinski definition) is 2. The number of anilines is 2. The van der Waals surface area contributed by atoms with Crippen molar-refractivity contribution in [1.29, 1.82) is 0 Å². The molecule has 3 heterocycles. The van der Waals surface area contributed by atoms with Crippen molar-refractivity contribution < 1.29 is 5.11 Å². The lowest BCUT2D eigenvalue weighted by Crippen LogP contribution is -2.47. The molecule has 2 N–H and O–H groups in total. The fraction of sp³-hybridized carbons (Fsp3) is 0.316. The van der Waals surface area contributed by atoms with Gasteiger partial charge in [-0.25, -0.2) is 9.97 Å². The molecule has 0 amide bonds. The van der Waals surface area contributed by atoms with E-state index in [4.69, 9.17) is 16.7 Å². The molecule has 2 aromatic heterocycles. The molecule has 1 aliphatic heterocycles. The van der Waals surface area contributed by atoms with Gasteiger partial charge < -0.3 is 14.9 Å². The fourth-order valence-corrected chi connectivity index (χ4v) is 3.55. The zero-order valence-corrected chi connectivity index (χ0v) is 15.7. The summed E-state index contributed by atoms with van der Waals surface area (Å²) in [6.45, 7) is 5.25. The first-order valence-electron chi connectivity index (χ1n) is 8.72. The highest BCUT2D eigenvalue weighted by Crippen LogP contribution is 2.28. The molecule has 27 heavy (non-hydrogen) atoms. The Bertz CT molecular complexity index is 1030. The van der Waals surface area contributed by atoms with Crippen molar-refractivity contribution in [3.63, 3.8) is 0 Å². The predicted octanol–water partition coefficient (Wildman–Crippen LogP) is 1.99. The maximum atomic E-state index is 8.97. The summed E-state index contributed by atoms with van der Waals surface area (Å²) in [7, 11) is 0. The third-order valence-corrected chi connectivity index (χ3v) is 4.95. The quantitative estimate of drug-likeness (QED) is 0.660. The van der Waals surface area contributed by atoms with Crippen molar-refractivity contribution in [2.75, 3.05) is 42.6 Å². The first-order chi connectivity index (χ1) is 13.2. The molecule has 0 aliphatic carbocycles. The Hall–Kier alpha value is -2.82. The van der Waals surface area contributed by atoms with Crippen molar-refractivity contribution in [3.8, 4) is 11.8 Å². The average molecular weight is 383 g/mol. The van der Waals surface area contributed by atoms with E-state index in [1.54, 1.807) is 0 Å². The van der Waals surface area contributed by atoms with Crippen LogP contribution in [0.4, 0.5) is 11.5 Å². The third kappa shape index (κ3) is 3.42. The van der Waals surface area contributed by atoms with Gasteiger partial charge in [-0.05, 0) is 30.5 Å². The molecule has 3 aromatic rings. The average Bonchev–Trinajstić information content (AvgIpc) is 3.11. The van der Waals surface area contributed by atoms with Crippen molar-refractivity contribution in [2.24, 2.45) is 0 Å². The number of aliphatic hydroxyl groups is 1. The number of fused-ring (bicyclic) bond motifs is 1. The van der Waals surface area contributed by atoms with Crippen LogP contribution >= 0.6 is 11.6 Å². The summed E-state index contributed by atoms with van der Waals surface area (Å²) in [5.41, 5.74) is 3.60. The minimum absolute atomic E-state index is 0.213. The largest absolute Gasteiger partial charge is 0.384 e. The Morgan fingerprint density at radius 2 is 1.96 bits per heavy atom. The van der Waals surface area contributed by atoms with Gasteiger partial charge in [-0.3, -0.25) is 5.10 Å². The van der Waals surface area contributed by atoms with E-state index in [1.165, 1.54) is 17.6 Å². The molecule has 8 heteroatoms. The van der Waals surface area contributed by atoms with E-state index in [1.807, 2.05) is 12.1 Å². The van der Waals surface area contributed by atoms with Crippen molar-refractivity contribution in [2.45, 2.75) is 6.92 Å². The van der Waals surface area contributed by atoms with Crippen LogP contribution in [0.2, 0.25) is 5.02 Å². The van der Waals surface area contributed by atoms with Gasteiger partial charge in [0.1, 0.15) is 24.4 Å². The molecule has 7 nitrogen and oxygen atoms in total. The molecule has 0 radical (unpaired) electrons. The van der Waals surface area contributed by atoms with Crippen LogP contribution < -0.4 is 9.80 Å². The lowest BCUT2D eigenvalue weighted by atomic mass is 10.1. The SMILES string of the molecule is Cc1ccc(Cl)cc1N1CCN(c2ncnc3[nH]nc(C#CCO)c23)CC1. The van der Waals surface area contributed by atoms with E-state index < -0.39 is 0 Å². The van der Waals surface area contributed by atoms with Crippen molar-refractivity contribution in [1.82, 2.24) is 20.2 Å². The number of halogens is 1. The molecule has 138 valence electrons. The van der Waals surface area contributed by atoms with Crippen LogP contribution in [0, 0.1) is 18.8 Å². The van der Waals surface area contributed by atoms with E-state index in [0.717, 1.165) is 42.4 Å². The number of nitrogens with zero attached hydrogens (tertiary/aromatic N) is 5. The standard InChI is InChI=1S/C19H19ClN6O/c1-13-4-5-14(20)11-16(13)25-6-8-26(9-7-25)19-17-15(3-2-10-27)23-24-18(17)21-12-22-19/h4-5,11-12,27H,6-10H2,1H3,(H,21,22,23,24). The van der Waals surface area contributed by atoms with Gasteiger partial charge in [0.25, 0.3) is 0 Å². The van der Waals surface area contributed by atoms with Crippen LogP contribution in [0.15, 0.2) is 24.5 Å². The second-order valence-corrected chi connectivity index (χ2v) is 6.79. The van der Waals surface area contributed by atoms with Crippen LogP contribution in [0.5, 0.6) is 0 Å². The monoisotopic (exact) mass is 382 g/mol. The number of aromatic amines is 1. The summed E-state index contributed by atoms with van der Waals surface area (Å²) in [5, 5.41) is 17.6. The number of rotatable bonds is 2. The topological polar surface area (TPSA) is 81.2 Å². The minimum atomic E-state index is -0.213. The van der Waals surface area contributed by atoms with E-state index in [-0.39, 0.29) is 6.61 Å². The van der Waals surface area contributed by atoms with Gasteiger partial charge in [0.15, 0.2) is 5.65 Å². The summed E-state index contributed by atoms with van der Waals surface area (Å²) in [6.07, 6.45) is 1.53. The van der Waals surface area contributed by atoms with E-state index in [9.17, 15) is 0 Å². The van der Waals surface area contributed by atoms with Gasteiger partial charge in [0.2, 0.25) is 0 Å². The number of aryl methyl sites for hydroxylation is 1. The maximum absolute atomic E-state index is 8.97. The van der Waals surface area contributed by atoms with E-state index in [2.05, 4.69) is 54.8 Å². The lowest BCUT2D eigenvalue weighted by Gasteiger charge is -2.37. The minimum Gasteiger partial charge on any atom is -0.384 e. The maximum Gasteiger partial charge on any atom is 0.162 e. The number of benzene rings is 1. The number of hydrogen-bond acceptors (Lipinski definition) is 6. The Morgan fingerprint density at radius 3 is 2.74 bits per heavy atom. The van der Waals surface area contributed by atoms with Crippen LogP contribution in [-0.2, 0) is 0 Å². The molecule has 1 aromatic carbocycles. The lowest BCUT2D eigenvalue weighted by molar-refractivity contribution is 0.350. The highest BCUT2D eigenvalue weighted by molar-refractivity contribution is 6.30. The molecule has 0 bridgehead atoms. The first-order valence-corrected chi connectivity index (χ1v) is 9.10. The molecular weight excluding hydrogens is 364 g/mol. The number of nitrogens with one attached hydrogen (secondary N) is 1. The number of aliphatic hydroxyl groups excluding tert-OH is 1. The van der Waals surface area contributed by atoms with Gasteiger partial charge in [-0.15, -0.1) is 0 Å². The van der Waals surface area contributed by atoms with Gasteiger partial charge >= 0.3 is 0 Å². The second-order valence-electron chi connectivity index (χ2n) is 6.36. The van der Waals surface area contributed by atoms with Crippen LogP contribution in [0.1, 0.15) is 11.3 Å². The summed E-state index contributed by atoms with van der Waals surface area (Å²) in [5.74, 6) is 6.33. The Labute approximate surface area is 162 Å². The summed E-state index contributed by atoms with van der Waals surface area (Å²) in [4.78, 5) is 13.3. The molecule has 0 unspecified atom stereocenters. The highest BCUT2D eigenvalue weighted by atomic mass is 35.5. The molecule has 1 saturated heterocycles. The highest BCUT2D eigenvalue weighted by Gasteiger charge is 2.23. The van der Waals surface area contributed by atoms with Gasteiger partial charge in [0.05, 0.1) is 5.39 Å². The first kappa shape index (κ1) is 17.6. The zero-order chi connectivity index (χ0) is 18.8. The molecule has 0 spiro atoms. The Kier molecular flexibility index (Phi) is 4.84. The zero-order valence-electron chi connectivity index (χ0n) is 14.9. The molecule has 1 aliphatic rings. The van der Waals surface area contributed by atoms with Crippen LogP contribution in [0.25, 0.3) is 11.0 Å². The smallest absolute Gasteiger partial charge is 0.162 e. The van der Waals surface area contributed by atoms with E-state index >= 15 is 0 Å². The predicted molar refractivity (Wildman–Crippen MR) is 106 cm³/mol. The summed E-state index contributed by atoms with van der Waals surface area (Å²) >= 11 is 6.18. The fourth-order valence-electron chi connectivity index (χ4n) is 3.38. The van der Waals surface area contributed by atoms with Crippen LogP contribution in [0.3, 0.4) is 0 Å². The number of piperazine rings is 1. The van der Waals surface area contributed by atoms with Crippen LogP contribution in [-0.4, -0.2) is 58.1 Å². The van der Waals surface area contributed by atoms with Gasteiger partial charge in [-0.1, -0.05) is 23.6 Å². The van der Waals surface area contributed by atoms with Gasteiger partial charge in [-0.2, -0.15) is 5.10 Å². The Balaban J connectivity index is 1.60. The third-order valence-electron chi connectivity index (χ3n) is 4.71.